The third-order valence-electron chi connectivity index (χ3n) is 4.76. The number of benzene rings is 1. The molecule has 24 heavy (non-hydrogen) atoms. The molecule has 0 aliphatic carbocycles. The number of nitrogens with one attached hydrogen (secondary N) is 2. The highest BCUT2D eigenvalue weighted by molar-refractivity contribution is 5.86. The topological polar surface area (TPSA) is 77.9 Å². The monoisotopic (exact) mass is 322 g/mol. The van der Waals surface area contributed by atoms with Crippen LogP contribution in [-0.4, -0.2) is 28.0 Å². The van der Waals surface area contributed by atoms with Crippen molar-refractivity contribution in [1.82, 2.24) is 14.9 Å². The Hall–Kier alpha value is -2.53. The summed E-state index contributed by atoms with van der Waals surface area (Å²) in [6, 6.07) is 10.2. The number of hydrogen-bond donors (Lipinski definition) is 3. The molecule has 0 amide bonds. The van der Waals surface area contributed by atoms with Gasteiger partial charge in [-0.3, -0.25) is 9.69 Å². The Labute approximate surface area is 140 Å². The molecule has 4 rings (SSSR count). The van der Waals surface area contributed by atoms with Gasteiger partial charge in [-0.15, -0.1) is 0 Å². The van der Waals surface area contributed by atoms with Gasteiger partial charge in [-0.1, -0.05) is 12.5 Å². The Kier molecular flexibility index (Phi) is 3.86. The summed E-state index contributed by atoms with van der Waals surface area (Å²) in [5.74, 6) is 0. The van der Waals surface area contributed by atoms with E-state index >= 15 is 0 Å². The zero-order valence-corrected chi connectivity index (χ0v) is 13.6. The van der Waals surface area contributed by atoms with Gasteiger partial charge in [0, 0.05) is 29.3 Å². The predicted octanol–water partition coefficient (Wildman–Crippen LogP) is 3.09. The van der Waals surface area contributed by atoms with E-state index in [1.165, 1.54) is 44.1 Å². The molecule has 1 fully saturated rings. The van der Waals surface area contributed by atoms with Crippen LogP contribution in [0.15, 0.2) is 41.3 Å². The van der Waals surface area contributed by atoms with E-state index in [9.17, 15) is 4.79 Å². The van der Waals surface area contributed by atoms with Crippen LogP contribution in [0.25, 0.3) is 22.2 Å². The smallest absolute Gasteiger partial charge is 0.257 e. The number of nitrogens with two attached hydrogens (primary N) is 1. The number of pyridine rings is 1. The van der Waals surface area contributed by atoms with Crippen LogP contribution in [0.5, 0.6) is 0 Å². The lowest BCUT2D eigenvalue weighted by molar-refractivity contribution is 0.221. The van der Waals surface area contributed by atoms with E-state index < -0.39 is 0 Å². The van der Waals surface area contributed by atoms with Gasteiger partial charge in [-0.2, -0.15) is 0 Å². The lowest BCUT2D eigenvalue weighted by Gasteiger charge is -2.26. The average Bonchev–Trinajstić information content (AvgIpc) is 3.01. The summed E-state index contributed by atoms with van der Waals surface area (Å²) in [5, 5.41) is 1.13. The van der Waals surface area contributed by atoms with Crippen LogP contribution >= 0.6 is 0 Å². The normalized spacial score (nSPS) is 15.8. The van der Waals surface area contributed by atoms with Gasteiger partial charge in [0.2, 0.25) is 0 Å². The second kappa shape index (κ2) is 6.17. The SMILES string of the molecule is Nc1c[nH]c(=O)c(-c2cc3cc(CN4CCCCC4)ccc3[nH]2)c1. The van der Waals surface area contributed by atoms with Gasteiger partial charge < -0.3 is 15.7 Å². The zero-order valence-electron chi connectivity index (χ0n) is 13.6. The van der Waals surface area contributed by atoms with E-state index in [-0.39, 0.29) is 5.56 Å². The van der Waals surface area contributed by atoms with Crippen LogP contribution in [0.3, 0.4) is 0 Å². The highest BCUT2D eigenvalue weighted by Crippen LogP contribution is 2.24. The van der Waals surface area contributed by atoms with E-state index in [0.29, 0.717) is 11.3 Å². The molecule has 2 aromatic heterocycles. The second-order valence-electron chi connectivity index (χ2n) is 6.62. The number of nitrogen functional groups attached to an aromatic ring is 1. The third-order valence-corrected chi connectivity index (χ3v) is 4.76. The predicted molar refractivity (Wildman–Crippen MR) is 97.9 cm³/mol. The molecule has 0 radical (unpaired) electrons. The Morgan fingerprint density at radius 3 is 2.75 bits per heavy atom. The van der Waals surface area contributed by atoms with Crippen molar-refractivity contribution in [3.63, 3.8) is 0 Å². The van der Waals surface area contributed by atoms with E-state index in [2.05, 4.69) is 33.1 Å². The van der Waals surface area contributed by atoms with Crippen molar-refractivity contribution in [1.29, 1.82) is 0 Å². The largest absolute Gasteiger partial charge is 0.398 e. The van der Waals surface area contributed by atoms with Crippen molar-refractivity contribution >= 4 is 16.6 Å². The Balaban J connectivity index is 1.65. The number of aromatic nitrogens is 2. The molecule has 3 aromatic rings. The lowest BCUT2D eigenvalue weighted by atomic mass is 10.1. The third kappa shape index (κ3) is 2.95. The molecule has 1 aliphatic rings. The summed E-state index contributed by atoms with van der Waals surface area (Å²) in [6.07, 6.45) is 5.47. The molecule has 1 saturated heterocycles. The molecule has 1 aliphatic heterocycles. The van der Waals surface area contributed by atoms with Crippen LogP contribution in [-0.2, 0) is 6.54 Å². The molecule has 0 spiro atoms. The van der Waals surface area contributed by atoms with Crippen LogP contribution in [0.4, 0.5) is 5.69 Å². The van der Waals surface area contributed by atoms with Gasteiger partial charge in [0.15, 0.2) is 0 Å². The van der Waals surface area contributed by atoms with Crippen molar-refractivity contribution in [2.24, 2.45) is 0 Å². The Morgan fingerprint density at radius 1 is 1.08 bits per heavy atom. The highest BCUT2D eigenvalue weighted by atomic mass is 16.1. The van der Waals surface area contributed by atoms with Gasteiger partial charge in [-0.05, 0) is 55.8 Å². The number of hydrogen-bond acceptors (Lipinski definition) is 3. The molecule has 5 nitrogen and oxygen atoms in total. The highest BCUT2D eigenvalue weighted by Gasteiger charge is 2.12. The van der Waals surface area contributed by atoms with Gasteiger partial charge in [0.05, 0.1) is 11.3 Å². The molecule has 4 N–H and O–H groups in total. The fourth-order valence-corrected chi connectivity index (χ4v) is 3.50. The first-order valence-corrected chi connectivity index (χ1v) is 8.52. The van der Waals surface area contributed by atoms with E-state index in [1.54, 1.807) is 6.07 Å². The van der Waals surface area contributed by atoms with Crippen LogP contribution in [0.2, 0.25) is 0 Å². The van der Waals surface area contributed by atoms with E-state index in [1.807, 2.05) is 6.07 Å². The maximum Gasteiger partial charge on any atom is 0.257 e. The maximum atomic E-state index is 12.0. The number of H-pyrrole nitrogens is 2. The van der Waals surface area contributed by atoms with Crippen molar-refractivity contribution in [2.75, 3.05) is 18.8 Å². The summed E-state index contributed by atoms with van der Waals surface area (Å²) in [7, 11) is 0. The number of piperidine rings is 1. The fraction of sp³-hybridized carbons (Fsp3) is 0.316. The molecule has 5 heteroatoms. The zero-order chi connectivity index (χ0) is 16.5. The number of likely N-dealkylation sites (tertiary alicyclic amines) is 1. The molecule has 0 bridgehead atoms. The minimum absolute atomic E-state index is 0.135. The lowest BCUT2D eigenvalue weighted by Crippen LogP contribution is -2.28. The first-order chi connectivity index (χ1) is 11.7. The molecular formula is C19H22N4O. The second-order valence-corrected chi connectivity index (χ2v) is 6.62. The molecule has 0 saturated carbocycles. The van der Waals surface area contributed by atoms with Crippen LogP contribution in [0.1, 0.15) is 24.8 Å². The number of rotatable bonds is 3. The minimum atomic E-state index is -0.135. The molecule has 124 valence electrons. The molecular weight excluding hydrogens is 300 g/mol. The molecule has 3 heterocycles. The van der Waals surface area contributed by atoms with Crippen LogP contribution in [0, 0.1) is 0 Å². The van der Waals surface area contributed by atoms with E-state index in [0.717, 1.165) is 23.1 Å². The number of fused-ring (bicyclic) bond motifs is 1. The Bertz CT molecular complexity index is 919. The summed E-state index contributed by atoms with van der Waals surface area (Å²) in [4.78, 5) is 20.5. The number of aromatic amines is 2. The van der Waals surface area contributed by atoms with Gasteiger partial charge in [0.1, 0.15) is 0 Å². The van der Waals surface area contributed by atoms with Crippen molar-refractivity contribution in [3.05, 3.63) is 52.4 Å². The van der Waals surface area contributed by atoms with Crippen molar-refractivity contribution in [2.45, 2.75) is 25.8 Å². The molecule has 0 atom stereocenters. The quantitative estimate of drug-likeness (QED) is 0.693. The standard InChI is InChI=1S/C19H22N4O/c20-15-10-16(19(24)21-11-15)18-9-14-8-13(4-5-17(14)22-18)12-23-6-2-1-3-7-23/h4-5,8-11,22H,1-3,6-7,12,20H2,(H,21,24). The summed E-state index contributed by atoms with van der Waals surface area (Å²) < 4.78 is 0. The number of anilines is 1. The fourth-order valence-electron chi connectivity index (χ4n) is 3.50. The van der Waals surface area contributed by atoms with E-state index in [4.69, 9.17) is 5.73 Å². The Morgan fingerprint density at radius 2 is 1.92 bits per heavy atom. The maximum absolute atomic E-state index is 12.0. The van der Waals surface area contributed by atoms with Crippen molar-refractivity contribution in [3.8, 4) is 11.3 Å². The summed E-state index contributed by atoms with van der Waals surface area (Å²) >= 11 is 0. The van der Waals surface area contributed by atoms with Gasteiger partial charge in [0.25, 0.3) is 5.56 Å². The van der Waals surface area contributed by atoms with Crippen LogP contribution < -0.4 is 11.3 Å². The number of nitrogens with zero attached hydrogens (tertiary/aromatic N) is 1. The first-order valence-electron chi connectivity index (χ1n) is 8.52. The average molecular weight is 322 g/mol. The van der Waals surface area contributed by atoms with Gasteiger partial charge in [-0.25, -0.2) is 0 Å². The summed E-state index contributed by atoms with van der Waals surface area (Å²) in [6.45, 7) is 3.37. The molecule has 0 unspecified atom stereocenters. The summed E-state index contributed by atoms with van der Waals surface area (Å²) in [5.41, 5.74) is 9.94. The minimum Gasteiger partial charge on any atom is -0.398 e. The van der Waals surface area contributed by atoms with Crippen molar-refractivity contribution < 1.29 is 0 Å². The van der Waals surface area contributed by atoms with Gasteiger partial charge >= 0.3 is 0 Å². The first kappa shape index (κ1) is 15.0. The molecule has 1 aromatic carbocycles.